The Morgan fingerprint density at radius 1 is 1.07 bits per heavy atom. The van der Waals surface area contributed by atoms with Crippen LogP contribution in [0.1, 0.15) is 49.2 Å². The van der Waals surface area contributed by atoms with Gasteiger partial charge in [-0.25, -0.2) is 4.79 Å². The number of nitrogens with one attached hydrogen (secondary N) is 1. The second-order valence-corrected chi connectivity index (χ2v) is 6.79. The number of carbonyl (C=O) groups is 2. The molecule has 0 fully saturated rings. The van der Waals surface area contributed by atoms with Gasteiger partial charge in [-0.1, -0.05) is 32.0 Å². The molecule has 6 nitrogen and oxygen atoms in total. The van der Waals surface area contributed by atoms with Crippen LogP contribution in [0, 0.1) is 13.8 Å². The molecule has 0 aliphatic heterocycles. The van der Waals surface area contributed by atoms with Crippen molar-refractivity contribution in [1.82, 2.24) is 4.90 Å². The summed E-state index contributed by atoms with van der Waals surface area (Å²) in [7, 11) is 0. The van der Waals surface area contributed by atoms with Crippen LogP contribution >= 0.6 is 0 Å². The molecule has 0 saturated heterocycles. The van der Waals surface area contributed by atoms with Crippen molar-refractivity contribution in [2.45, 2.75) is 47.8 Å². The second kappa shape index (κ2) is 11.9. The maximum Gasteiger partial charge on any atom is 0.341 e. The lowest BCUT2D eigenvalue weighted by Crippen LogP contribution is -2.36. The maximum atomic E-state index is 12.6. The fourth-order valence-electron chi connectivity index (χ4n) is 3.00. The third-order valence-corrected chi connectivity index (χ3v) is 4.25. The van der Waals surface area contributed by atoms with Crippen molar-refractivity contribution in [3.63, 3.8) is 0 Å². The van der Waals surface area contributed by atoms with Crippen molar-refractivity contribution >= 4 is 23.3 Å². The van der Waals surface area contributed by atoms with Crippen LogP contribution in [0.4, 0.5) is 11.4 Å². The van der Waals surface area contributed by atoms with Gasteiger partial charge < -0.3 is 15.2 Å². The summed E-state index contributed by atoms with van der Waals surface area (Å²) in [4.78, 5) is 23.7. The quantitative estimate of drug-likeness (QED) is 0.504. The predicted molar refractivity (Wildman–Crippen MR) is 117 cm³/mol. The summed E-state index contributed by atoms with van der Waals surface area (Å²) in [6, 6.07) is 13.7. The Bertz CT molecular complexity index is 792. The van der Waals surface area contributed by atoms with E-state index in [1.54, 1.807) is 6.07 Å². The molecule has 1 atom stereocenters. The van der Waals surface area contributed by atoms with E-state index in [9.17, 15) is 4.79 Å². The van der Waals surface area contributed by atoms with Gasteiger partial charge in [0.2, 0.25) is 0 Å². The standard InChI is InChI=1S/C21H28N2O2.C2H4O2/c1-6-23(7-2)17(5)25-21(24)19-10-8-9-11-20(19)22-18-13-15(3)12-16(4)14-18;1-2(3)4/h8-14,17,22H,6-7H2,1-5H3;1H3,(H,3,4). The zero-order valence-electron chi connectivity index (χ0n) is 18.2. The average molecular weight is 401 g/mol. The Balaban J connectivity index is 0.000000960. The first-order valence-electron chi connectivity index (χ1n) is 9.76. The van der Waals surface area contributed by atoms with Crippen molar-refractivity contribution in [1.29, 1.82) is 0 Å². The molecule has 0 heterocycles. The lowest BCUT2D eigenvalue weighted by Gasteiger charge is -2.26. The number of carboxylic acid groups (broad SMARTS) is 1. The summed E-state index contributed by atoms with van der Waals surface area (Å²) < 4.78 is 5.65. The monoisotopic (exact) mass is 400 g/mol. The minimum Gasteiger partial charge on any atom is -0.481 e. The molecule has 0 saturated carbocycles. The van der Waals surface area contributed by atoms with Gasteiger partial charge in [-0.15, -0.1) is 0 Å². The number of benzene rings is 2. The van der Waals surface area contributed by atoms with Gasteiger partial charge in [-0.05, 0) is 69.3 Å². The lowest BCUT2D eigenvalue weighted by molar-refractivity contribution is -0.134. The van der Waals surface area contributed by atoms with Crippen LogP contribution in [0.3, 0.4) is 0 Å². The molecular weight excluding hydrogens is 368 g/mol. The molecule has 0 radical (unpaired) electrons. The highest BCUT2D eigenvalue weighted by Crippen LogP contribution is 2.24. The third kappa shape index (κ3) is 8.35. The number of aryl methyl sites for hydroxylation is 2. The zero-order chi connectivity index (χ0) is 22.0. The van der Waals surface area contributed by atoms with Crippen molar-refractivity contribution in [2.24, 2.45) is 0 Å². The van der Waals surface area contributed by atoms with Gasteiger partial charge in [0, 0.05) is 12.6 Å². The molecule has 0 aliphatic carbocycles. The Kier molecular flexibility index (Phi) is 9.89. The van der Waals surface area contributed by atoms with Crippen molar-refractivity contribution < 1.29 is 19.4 Å². The van der Waals surface area contributed by atoms with Crippen LogP contribution in [0.25, 0.3) is 0 Å². The first kappa shape index (κ1) is 24.2. The molecule has 1 unspecified atom stereocenters. The predicted octanol–water partition coefficient (Wildman–Crippen LogP) is 4.98. The van der Waals surface area contributed by atoms with E-state index in [0.29, 0.717) is 5.56 Å². The second-order valence-electron chi connectivity index (χ2n) is 6.79. The Morgan fingerprint density at radius 3 is 2.10 bits per heavy atom. The van der Waals surface area contributed by atoms with Gasteiger partial charge in [-0.3, -0.25) is 9.69 Å². The number of rotatable bonds is 7. The zero-order valence-corrected chi connectivity index (χ0v) is 18.2. The topological polar surface area (TPSA) is 78.9 Å². The number of nitrogens with zero attached hydrogens (tertiary/aromatic N) is 1. The fourth-order valence-corrected chi connectivity index (χ4v) is 3.00. The number of hydrogen-bond acceptors (Lipinski definition) is 5. The number of carbonyl (C=O) groups excluding carboxylic acids is 1. The molecule has 2 aromatic carbocycles. The number of anilines is 2. The lowest BCUT2D eigenvalue weighted by atomic mass is 10.1. The first-order chi connectivity index (χ1) is 13.7. The highest BCUT2D eigenvalue weighted by molar-refractivity contribution is 5.96. The molecule has 0 aromatic heterocycles. The van der Waals surface area contributed by atoms with Gasteiger partial charge in [0.15, 0.2) is 6.23 Å². The van der Waals surface area contributed by atoms with Gasteiger partial charge in [0.25, 0.3) is 5.97 Å². The number of hydrogen-bond donors (Lipinski definition) is 2. The molecule has 29 heavy (non-hydrogen) atoms. The van der Waals surface area contributed by atoms with Crippen molar-refractivity contribution in [3.8, 4) is 0 Å². The molecule has 0 bridgehead atoms. The van der Waals surface area contributed by atoms with Crippen LogP contribution in [-0.4, -0.2) is 41.3 Å². The van der Waals surface area contributed by atoms with Crippen LogP contribution in [0.15, 0.2) is 42.5 Å². The van der Waals surface area contributed by atoms with E-state index in [1.165, 1.54) is 11.1 Å². The minimum absolute atomic E-state index is 0.253. The summed E-state index contributed by atoms with van der Waals surface area (Å²) in [6.45, 7) is 12.9. The SMILES string of the molecule is CC(=O)O.CCN(CC)C(C)OC(=O)c1ccccc1Nc1cc(C)cc(C)c1. The van der Waals surface area contributed by atoms with Gasteiger partial charge >= 0.3 is 5.97 Å². The van der Waals surface area contributed by atoms with E-state index >= 15 is 0 Å². The molecule has 2 rings (SSSR count). The number of carboxylic acids is 1. The number of para-hydroxylation sites is 1. The van der Waals surface area contributed by atoms with Crippen LogP contribution in [0.2, 0.25) is 0 Å². The van der Waals surface area contributed by atoms with Crippen LogP contribution in [0.5, 0.6) is 0 Å². The molecular formula is C23H32N2O4. The van der Waals surface area contributed by atoms with E-state index in [-0.39, 0.29) is 12.2 Å². The van der Waals surface area contributed by atoms with Gasteiger partial charge in [-0.2, -0.15) is 0 Å². The molecule has 0 aliphatic rings. The van der Waals surface area contributed by atoms with E-state index < -0.39 is 5.97 Å². The van der Waals surface area contributed by atoms with E-state index in [1.807, 2.05) is 25.1 Å². The Hall–Kier alpha value is -2.86. The molecule has 2 N–H and O–H groups in total. The van der Waals surface area contributed by atoms with Crippen LogP contribution < -0.4 is 5.32 Å². The summed E-state index contributed by atoms with van der Waals surface area (Å²) in [5.74, 6) is -1.15. The Labute approximate surface area is 173 Å². The summed E-state index contributed by atoms with van der Waals surface area (Å²) in [5, 5.41) is 10.8. The number of aliphatic carboxylic acids is 1. The third-order valence-electron chi connectivity index (χ3n) is 4.25. The highest BCUT2D eigenvalue weighted by atomic mass is 16.6. The fraction of sp³-hybridized carbons (Fsp3) is 0.391. The minimum atomic E-state index is -0.833. The van der Waals surface area contributed by atoms with Gasteiger partial charge in [0.05, 0.1) is 11.3 Å². The first-order valence-corrected chi connectivity index (χ1v) is 9.76. The number of ether oxygens (including phenoxy) is 1. The van der Waals surface area contributed by atoms with E-state index in [2.05, 4.69) is 56.1 Å². The van der Waals surface area contributed by atoms with Crippen molar-refractivity contribution in [2.75, 3.05) is 18.4 Å². The normalized spacial score (nSPS) is 11.3. The molecule has 2 aromatic rings. The molecule has 0 amide bonds. The summed E-state index contributed by atoms with van der Waals surface area (Å²) >= 11 is 0. The summed E-state index contributed by atoms with van der Waals surface area (Å²) in [6.07, 6.45) is -0.253. The molecule has 158 valence electrons. The molecule has 0 spiro atoms. The number of esters is 1. The van der Waals surface area contributed by atoms with Gasteiger partial charge in [0.1, 0.15) is 0 Å². The average Bonchev–Trinajstić information content (AvgIpc) is 2.61. The highest BCUT2D eigenvalue weighted by Gasteiger charge is 2.19. The smallest absolute Gasteiger partial charge is 0.341 e. The summed E-state index contributed by atoms with van der Waals surface area (Å²) in [5.41, 5.74) is 4.62. The van der Waals surface area contributed by atoms with Crippen LogP contribution in [-0.2, 0) is 9.53 Å². The van der Waals surface area contributed by atoms with E-state index in [4.69, 9.17) is 14.6 Å². The largest absolute Gasteiger partial charge is 0.481 e. The van der Waals surface area contributed by atoms with E-state index in [0.717, 1.165) is 31.4 Å². The Morgan fingerprint density at radius 2 is 1.59 bits per heavy atom. The van der Waals surface area contributed by atoms with Crippen molar-refractivity contribution in [3.05, 3.63) is 59.2 Å². The molecule has 6 heteroatoms. The maximum absolute atomic E-state index is 12.6.